The molecule has 1 unspecified atom stereocenters. The molecule has 1 aromatic heterocycles. The maximum atomic E-state index is 12.7. The van der Waals surface area contributed by atoms with E-state index in [0.717, 1.165) is 11.4 Å². The topological polar surface area (TPSA) is 50.9 Å². The summed E-state index contributed by atoms with van der Waals surface area (Å²) in [6.45, 7) is 0. The van der Waals surface area contributed by atoms with Crippen molar-refractivity contribution in [1.82, 2.24) is 14.8 Å². The van der Waals surface area contributed by atoms with Crippen LogP contribution in [0, 0.1) is 5.82 Å². The Morgan fingerprint density at radius 3 is 2.59 bits per heavy atom. The normalized spacial score (nSPS) is 12.6. The number of aromatic nitrogens is 3. The largest absolute Gasteiger partial charge is 0.392 e. The Bertz CT molecular complexity index is 481. The average Bonchev–Trinajstić information content (AvgIpc) is 2.68. The number of halogens is 1. The zero-order valence-electron chi connectivity index (χ0n) is 9.55. The molecule has 0 bridgehead atoms. The molecule has 1 atom stereocenters. The van der Waals surface area contributed by atoms with Gasteiger partial charge in [-0.05, 0) is 24.1 Å². The SMILES string of the molecule is Cn1ncnc1CC(O)Cc1ccc(F)cc1. The quantitative estimate of drug-likeness (QED) is 0.863. The highest BCUT2D eigenvalue weighted by molar-refractivity contribution is 5.17. The van der Waals surface area contributed by atoms with Crippen molar-refractivity contribution in [3.05, 3.63) is 47.8 Å². The highest BCUT2D eigenvalue weighted by atomic mass is 19.1. The van der Waals surface area contributed by atoms with Crippen LogP contribution in [0.4, 0.5) is 4.39 Å². The third kappa shape index (κ3) is 3.10. The lowest BCUT2D eigenvalue weighted by molar-refractivity contribution is 0.171. The van der Waals surface area contributed by atoms with Crippen molar-refractivity contribution < 1.29 is 9.50 Å². The number of nitrogens with zero attached hydrogens (tertiary/aromatic N) is 3. The van der Waals surface area contributed by atoms with E-state index in [2.05, 4.69) is 10.1 Å². The molecular weight excluding hydrogens is 221 g/mol. The molecule has 0 fully saturated rings. The van der Waals surface area contributed by atoms with Crippen molar-refractivity contribution in [3.8, 4) is 0 Å². The number of benzene rings is 1. The van der Waals surface area contributed by atoms with E-state index in [1.807, 2.05) is 0 Å². The molecule has 2 aromatic rings. The van der Waals surface area contributed by atoms with E-state index in [9.17, 15) is 9.50 Å². The molecular formula is C12H14FN3O. The van der Waals surface area contributed by atoms with Gasteiger partial charge in [-0.3, -0.25) is 4.68 Å². The molecule has 4 nitrogen and oxygen atoms in total. The average molecular weight is 235 g/mol. The lowest BCUT2D eigenvalue weighted by Crippen LogP contribution is -2.16. The number of aryl methyl sites for hydroxylation is 1. The van der Waals surface area contributed by atoms with E-state index < -0.39 is 6.10 Å². The Hall–Kier alpha value is -1.75. The van der Waals surface area contributed by atoms with E-state index in [1.54, 1.807) is 23.9 Å². The van der Waals surface area contributed by atoms with E-state index in [0.29, 0.717) is 12.8 Å². The Kier molecular flexibility index (Phi) is 3.49. The van der Waals surface area contributed by atoms with Gasteiger partial charge < -0.3 is 5.11 Å². The molecule has 90 valence electrons. The van der Waals surface area contributed by atoms with Crippen LogP contribution in [0.3, 0.4) is 0 Å². The summed E-state index contributed by atoms with van der Waals surface area (Å²) >= 11 is 0. The minimum Gasteiger partial charge on any atom is -0.392 e. The van der Waals surface area contributed by atoms with Crippen LogP contribution in [0.2, 0.25) is 0 Å². The molecule has 0 saturated heterocycles. The molecule has 1 aromatic carbocycles. The first-order chi connectivity index (χ1) is 8.15. The molecule has 5 heteroatoms. The van der Waals surface area contributed by atoms with E-state index in [1.165, 1.54) is 18.5 Å². The molecule has 0 amide bonds. The summed E-state index contributed by atoms with van der Waals surface area (Å²) < 4.78 is 14.3. The predicted octanol–water partition coefficient (Wildman–Crippen LogP) is 1.10. The second-order valence-corrected chi connectivity index (χ2v) is 3.99. The second-order valence-electron chi connectivity index (χ2n) is 3.99. The number of hydrogen-bond donors (Lipinski definition) is 1. The smallest absolute Gasteiger partial charge is 0.138 e. The van der Waals surface area contributed by atoms with Gasteiger partial charge in [0, 0.05) is 13.5 Å². The summed E-state index contributed by atoms with van der Waals surface area (Å²) in [6, 6.07) is 6.14. The van der Waals surface area contributed by atoms with E-state index in [4.69, 9.17) is 0 Å². The third-order valence-electron chi connectivity index (χ3n) is 2.61. The molecule has 0 saturated carbocycles. The minimum atomic E-state index is -0.539. The van der Waals surface area contributed by atoms with Crippen LogP contribution < -0.4 is 0 Å². The van der Waals surface area contributed by atoms with E-state index in [-0.39, 0.29) is 5.82 Å². The lowest BCUT2D eigenvalue weighted by atomic mass is 10.1. The van der Waals surface area contributed by atoms with Crippen molar-refractivity contribution >= 4 is 0 Å². The maximum Gasteiger partial charge on any atom is 0.138 e. The number of hydrogen-bond acceptors (Lipinski definition) is 3. The van der Waals surface area contributed by atoms with Gasteiger partial charge in [-0.1, -0.05) is 12.1 Å². The van der Waals surface area contributed by atoms with Crippen LogP contribution in [0.1, 0.15) is 11.4 Å². The second kappa shape index (κ2) is 5.05. The fraction of sp³-hybridized carbons (Fsp3) is 0.333. The van der Waals surface area contributed by atoms with Gasteiger partial charge in [-0.2, -0.15) is 5.10 Å². The summed E-state index contributed by atoms with van der Waals surface area (Å²) in [7, 11) is 1.78. The zero-order chi connectivity index (χ0) is 12.3. The molecule has 0 aliphatic heterocycles. The van der Waals surface area contributed by atoms with Crippen molar-refractivity contribution in [1.29, 1.82) is 0 Å². The molecule has 1 heterocycles. The monoisotopic (exact) mass is 235 g/mol. The van der Waals surface area contributed by atoms with E-state index >= 15 is 0 Å². The molecule has 2 rings (SSSR count). The summed E-state index contributed by atoms with van der Waals surface area (Å²) in [5.74, 6) is 0.469. The highest BCUT2D eigenvalue weighted by Crippen LogP contribution is 2.08. The van der Waals surface area contributed by atoms with Gasteiger partial charge >= 0.3 is 0 Å². The van der Waals surface area contributed by atoms with Crippen LogP contribution in [-0.4, -0.2) is 26.0 Å². The minimum absolute atomic E-state index is 0.267. The van der Waals surface area contributed by atoms with Gasteiger partial charge in [-0.25, -0.2) is 9.37 Å². The van der Waals surface area contributed by atoms with Crippen LogP contribution in [0.25, 0.3) is 0 Å². The van der Waals surface area contributed by atoms with Crippen molar-refractivity contribution in [2.75, 3.05) is 0 Å². The molecule has 0 aliphatic carbocycles. The Morgan fingerprint density at radius 1 is 1.29 bits per heavy atom. The third-order valence-corrected chi connectivity index (χ3v) is 2.61. The number of aliphatic hydroxyl groups is 1. The van der Waals surface area contributed by atoms with Crippen molar-refractivity contribution in [3.63, 3.8) is 0 Å². The van der Waals surface area contributed by atoms with Gasteiger partial charge in [0.25, 0.3) is 0 Å². The van der Waals surface area contributed by atoms with Gasteiger partial charge in [-0.15, -0.1) is 0 Å². The number of aliphatic hydroxyl groups excluding tert-OH is 1. The standard InChI is InChI=1S/C12H14FN3O/c1-16-12(14-8-15-16)7-11(17)6-9-2-4-10(13)5-3-9/h2-5,8,11,17H,6-7H2,1H3. The molecule has 1 N–H and O–H groups in total. The summed E-state index contributed by atoms with van der Waals surface area (Å²) in [5, 5.41) is 13.8. The molecule has 0 aliphatic rings. The maximum absolute atomic E-state index is 12.7. The number of rotatable bonds is 4. The van der Waals surface area contributed by atoms with Gasteiger partial charge in [0.15, 0.2) is 0 Å². The molecule has 0 radical (unpaired) electrons. The van der Waals surface area contributed by atoms with Crippen LogP contribution >= 0.6 is 0 Å². The Morgan fingerprint density at radius 2 is 2.00 bits per heavy atom. The first kappa shape index (κ1) is 11.7. The molecule has 17 heavy (non-hydrogen) atoms. The van der Waals surface area contributed by atoms with Crippen molar-refractivity contribution in [2.24, 2.45) is 7.05 Å². The predicted molar refractivity (Wildman–Crippen MR) is 60.8 cm³/mol. The van der Waals surface area contributed by atoms with Gasteiger partial charge in [0.2, 0.25) is 0 Å². The highest BCUT2D eigenvalue weighted by Gasteiger charge is 2.10. The Balaban J connectivity index is 1.95. The van der Waals surface area contributed by atoms with Crippen LogP contribution in [0.15, 0.2) is 30.6 Å². The summed E-state index contributed by atoms with van der Waals surface area (Å²) in [4.78, 5) is 4.04. The zero-order valence-corrected chi connectivity index (χ0v) is 9.55. The first-order valence-electron chi connectivity index (χ1n) is 5.40. The van der Waals surface area contributed by atoms with Crippen molar-refractivity contribution in [2.45, 2.75) is 18.9 Å². The summed E-state index contributed by atoms with van der Waals surface area (Å²) in [6.07, 6.45) is 1.84. The summed E-state index contributed by atoms with van der Waals surface area (Å²) in [5.41, 5.74) is 0.904. The first-order valence-corrected chi connectivity index (χ1v) is 5.40. The Labute approximate surface area is 98.7 Å². The lowest BCUT2D eigenvalue weighted by Gasteiger charge is -2.09. The van der Waals surface area contributed by atoms with Gasteiger partial charge in [0.1, 0.15) is 18.0 Å². The fourth-order valence-electron chi connectivity index (χ4n) is 1.68. The fourth-order valence-corrected chi connectivity index (χ4v) is 1.68. The van der Waals surface area contributed by atoms with Crippen LogP contribution in [-0.2, 0) is 19.9 Å². The molecule has 0 spiro atoms. The van der Waals surface area contributed by atoms with Crippen LogP contribution in [0.5, 0.6) is 0 Å². The van der Waals surface area contributed by atoms with Gasteiger partial charge in [0.05, 0.1) is 6.10 Å².